The number of carbonyl (C=O) groups is 1. The van der Waals surface area contributed by atoms with Crippen LogP contribution in [0, 0.1) is 6.92 Å². The molecule has 8 nitrogen and oxygen atoms in total. The monoisotopic (exact) mass is 537 g/mol. The van der Waals surface area contributed by atoms with Crippen molar-refractivity contribution in [1.82, 2.24) is 24.9 Å². The van der Waals surface area contributed by atoms with Gasteiger partial charge in [-0.15, -0.1) is 0 Å². The molecule has 0 atom stereocenters. The third-order valence-corrected chi connectivity index (χ3v) is 7.36. The van der Waals surface area contributed by atoms with Gasteiger partial charge in [-0.1, -0.05) is 53.5 Å². The number of amides is 1. The number of aromatic nitrogens is 4. The van der Waals surface area contributed by atoms with Gasteiger partial charge in [-0.05, 0) is 57.4 Å². The lowest BCUT2D eigenvalue weighted by Crippen LogP contribution is -2.62. The summed E-state index contributed by atoms with van der Waals surface area (Å²) in [5.74, 6) is 0.962. The number of carbonyl (C=O) groups excluding carboxylic acids is 1. The standard InChI is InChI=1S/C27H29Cl2N7O/c1-16(2)33-27(25(30)37)12-14-35(15-13-27)26-32-17(3)31-24-22(18-8-10-19(28)11-9-18)23(34-36(24)26)20-6-4-5-7-21(20)29/h4-11,16,33H,12-15H2,1-3H3,(H2,30,37). The zero-order valence-electron chi connectivity index (χ0n) is 21.0. The minimum absolute atomic E-state index is 0.137. The number of primary amides is 1. The van der Waals surface area contributed by atoms with Gasteiger partial charge in [0, 0.05) is 29.7 Å². The molecule has 5 rings (SSSR count). The molecular weight excluding hydrogens is 509 g/mol. The van der Waals surface area contributed by atoms with Crippen molar-refractivity contribution >= 4 is 40.7 Å². The van der Waals surface area contributed by atoms with E-state index in [-0.39, 0.29) is 11.9 Å². The summed E-state index contributed by atoms with van der Waals surface area (Å²) in [5.41, 5.74) is 9.05. The summed E-state index contributed by atoms with van der Waals surface area (Å²) in [6.45, 7) is 7.09. The fourth-order valence-corrected chi connectivity index (χ4v) is 5.41. The third kappa shape index (κ3) is 4.77. The Kier molecular flexibility index (Phi) is 6.83. The largest absolute Gasteiger partial charge is 0.368 e. The van der Waals surface area contributed by atoms with E-state index < -0.39 is 5.54 Å². The first kappa shape index (κ1) is 25.4. The zero-order chi connectivity index (χ0) is 26.3. The van der Waals surface area contributed by atoms with Crippen LogP contribution in [0.15, 0.2) is 48.5 Å². The van der Waals surface area contributed by atoms with Crippen molar-refractivity contribution in [3.8, 4) is 22.4 Å². The Morgan fingerprint density at radius 1 is 1.05 bits per heavy atom. The normalized spacial score (nSPS) is 15.5. The summed E-state index contributed by atoms with van der Waals surface area (Å²) in [4.78, 5) is 24.1. The van der Waals surface area contributed by atoms with Gasteiger partial charge in [0.1, 0.15) is 17.1 Å². The lowest BCUT2D eigenvalue weighted by atomic mass is 9.86. The number of nitrogens with one attached hydrogen (secondary N) is 1. The summed E-state index contributed by atoms with van der Waals surface area (Å²) in [5, 5.41) is 9.64. The van der Waals surface area contributed by atoms with E-state index in [9.17, 15) is 4.79 Å². The number of aryl methyl sites for hydroxylation is 1. The van der Waals surface area contributed by atoms with E-state index >= 15 is 0 Å². The van der Waals surface area contributed by atoms with Crippen molar-refractivity contribution < 1.29 is 4.79 Å². The van der Waals surface area contributed by atoms with Gasteiger partial charge in [0.15, 0.2) is 5.65 Å². The van der Waals surface area contributed by atoms with Crippen LogP contribution in [0.3, 0.4) is 0 Å². The first-order valence-corrected chi connectivity index (χ1v) is 13.0. The number of fused-ring (bicyclic) bond motifs is 1. The third-order valence-electron chi connectivity index (χ3n) is 6.78. The molecule has 1 amide bonds. The Bertz CT molecular complexity index is 1460. The molecule has 3 N–H and O–H groups in total. The van der Waals surface area contributed by atoms with Gasteiger partial charge in [0.2, 0.25) is 11.9 Å². The number of rotatable bonds is 6. The van der Waals surface area contributed by atoms with Crippen LogP contribution in [-0.2, 0) is 4.79 Å². The quantitative estimate of drug-likeness (QED) is 0.362. The molecule has 1 aliphatic rings. The highest BCUT2D eigenvalue weighted by atomic mass is 35.5. The van der Waals surface area contributed by atoms with Crippen LogP contribution in [0.1, 0.15) is 32.5 Å². The van der Waals surface area contributed by atoms with Crippen LogP contribution in [0.25, 0.3) is 28.0 Å². The smallest absolute Gasteiger partial charge is 0.237 e. The molecule has 2 aromatic carbocycles. The first-order chi connectivity index (χ1) is 17.7. The van der Waals surface area contributed by atoms with Gasteiger partial charge in [-0.25, -0.2) is 4.98 Å². The summed E-state index contributed by atoms with van der Waals surface area (Å²) < 4.78 is 1.78. The number of hydrogen-bond donors (Lipinski definition) is 2. The molecule has 1 aliphatic heterocycles. The average Bonchev–Trinajstić information content (AvgIpc) is 3.23. The second-order valence-corrected chi connectivity index (χ2v) is 10.6. The van der Waals surface area contributed by atoms with Crippen LogP contribution in [0.4, 0.5) is 5.95 Å². The number of nitrogens with two attached hydrogens (primary N) is 1. The molecular formula is C27H29Cl2N7O. The Balaban J connectivity index is 1.65. The van der Waals surface area contributed by atoms with Gasteiger partial charge in [-0.2, -0.15) is 14.6 Å². The van der Waals surface area contributed by atoms with Crippen LogP contribution in [0.5, 0.6) is 0 Å². The Morgan fingerprint density at radius 3 is 2.35 bits per heavy atom. The SMILES string of the molecule is Cc1nc(N2CCC(NC(C)C)(C(N)=O)CC2)n2nc(-c3ccccc3Cl)c(-c3ccc(Cl)cc3)c2n1. The maximum absolute atomic E-state index is 12.4. The number of piperidine rings is 1. The molecule has 0 spiro atoms. The van der Waals surface area contributed by atoms with E-state index in [1.807, 2.05) is 69.3 Å². The van der Waals surface area contributed by atoms with Crippen LogP contribution in [0.2, 0.25) is 10.0 Å². The number of hydrogen-bond acceptors (Lipinski definition) is 6. The fraction of sp³-hybridized carbons (Fsp3) is 0.333. The van der Waals surface area contributed by atoms with Crippen molar-refractivity contribution in [2.45, 2.75) is 45.2 Å². The van der Waals surface area contributed by atoms with Gasteiger partial charge in [0.25, 0.3) is 0 Å². The van der Waals surface area contributed by atoms with Gasteiger partial charge >= 0.3 is 0 Å². The van der Waals surface area contributed by atoms with E-state index in [1.54, 1.807) is 4.52 Å². The van der Waals surface area contributed by atoms with Crippen LogP contribution in [-0.4, -0.2) is 50.2 Å². The minimum Gasteiger partial charge on any atom is -0.368 e. The maximum atomic E-state index is 12.4. The van der Waals surface area contributed by atoms with Gasteiger partial charge in [0.05, 0.1) is 10.6 Å². The molecule has 0 saturated carbocycles. The second kappa shape index (κ2) is 9.93. The second-order valence-electron chi connectivity index (χ2n) is 9.75. The molecule has 0 aliphatic carbocycles. The lowest BCUT2D eigenvalue weighted by Gasteiger charge is -2.41. The van der Waals surface area contributed by atoms with Crippen LogP contribution < -0.4 is 16.0 Å². The van der Waals surface area contributed by atoms with Crippen molar-refractivity contribution in [3.63, 3.8) is 0 Å². The van der Waals surface area contributed by atoms with E-state index in [1.165, 1.54) is 0 Å². The van der Waals surface area contributed by atoms with Crippen molar-refractivity contribution in [2.24, 2.45) is 5.73 Å². The number of halogens is 2. The summed E-state index contributed by atoms with van der Waals surface area (Å²) in [6, 6.07) is 15.4. The summed E-state index contributed by atoms with van der Waals surface area (Å²) in [7, 11) is 0. The van der Waals surface area contributed by atoms with Crippen molar-refractivity contribution in [3.05, 3.63) is 64.4 Å². The van der Waals surface area contributed by atoms with Crippen LogP contribution >= 0.6 is 23.2 Å². The molecule has 10 heteroatoms. The van der Waals surface area contributed by atoms with E-state index in [2.05, 4.69) is 10.2 Å². The lowest BCUT2D eigenvalue weighted by molar-refractivity contribution is -0.125. The highest BCUT2D eigenvalue weighted by molar-refractivity contribution is 6.33. The maximum Gasteiger partial charge on any atom is 0.237 e. The number of anilines is 1. The van der Waals surface area contributed by atoms with E-state index in [4.69, 9.17) is 44.0 Å². The number of nitrogens with zero attached hydrogens (tertiary/aromatic N) is 5. The Labute approximate surface area is 225 Å². The molecule has 1 fully saturated rings. The Hall–Kier alpha value is -3.20. The summed E-state index contributed by atoms with van der Waals surface area (Å²) in [6.07, 6.45) is 1.13. The highest BCUT2D eigenvalue weighted by Crippen LogP contribution is 2.39. The van der Waals surface area contributed by atoms with Crippen molar-refractivity contribution in [2.75, 3.05) is 18.0 Å². The predicted octanol–water partition coefficient (Wildman–Crippen LogP) is 4.90. The van der Waals surface area contributed by atoms with Gasteiger partial charge < -0.3 is 16.0 Å². The Morgan fingerprint density at radius 2 is 1.73 bits per heavy atom. The van der Waals surface area contributed by atoms with E-state index in [0.29, 0.717) is 59.1 Å². The highest BCUT2D eigenvalue weighted by Gasteiger charge is 2.41. The molecule has 192 valence electrons. The van der Waals surface area contributed by atoms with Gasteiger partial charge in [-0.3, -0.25) is 4.79 Å². The first-order valence-electron chi connectivity index (χ1n) is 12.3. The molecule has 0 unspecified atom stereocenters. The molecule has 4 aromatic rings. The molecule has 37 heavy (non-hydrogen) atoms. The molecule has 1 saturated heterocycles. The van der Waals surface area contributed by atoms with Crippen molar-refractivity contribution in [1.29, 1.82) is 0 Å². The molecule has 0 radical (unpaired) electrons. The summed E-state index contributed by atoms with van der Waals surface area (Å²) >= 11 is 12.8. The molecule has 0 bridgehead atoms. The molecule has 3 heterocycles. The zero-order valence-corrected chi connectivity index (χ0v) is 22.5. The fourth-order valence-electron chi connectivity index (χ4n) is 5.05. The average molecular weight is 538 g/mol. The topological polar surface area (TPSA) is 101 Å². The number of benzene rings is 2. The minimum atomic E-state index is -0.743. The predicted molar refractivity (Wildman–Crippen MR) is 148 cm³/mol. The van der Waals surface area contributed by atoms with E-state index in [0.717, 1.165) is 16.7 Å². The molecule has 2 aromatic heterocycles.